The molecule has 1 fully saturated rings. The highest BCUT2D eigenvalue weighted by molar-refractivity contribution is 7.89. The van der Waals surface area contributed by atoms with Gasteiger partial charge in [0.25, 0.3) is 0 Å². The summed E-state index contributed by atoms with van der Waals surface area (Å²) in [5.74, 6) is 1.22. The summed E-state index contributed by atoms with van der Waals surface area (Å²) < 4.78 is 34.8. The fourth-order valence-electron chi connectivity index (χ4n) is 5.14. The van der Waals surface area contributed by atoms with E-state index in [-0.39, 0.29) is 30.5 Å². The lowest BCUT2D eigenvalue weighted by atomic mass is 9.75. The van der Waals surface area contributed by atoms with Crippen LogP contribution in [-0.2, 0) is 29.9 Å². The molecule has 3 aromatic rings. The summed E-state index contributed by atoms with van der Waals surface area (Å²) >= 11 is 0. The van der Waals surface area contributed by atoms with Gasteiger partial charge in [-0.3, -0.25) is 9.58 Å². The number of aryl methyl sites for hydroxylation is 2. The SMILES string of the molecule is Cl.Cn1cc(S(=O)(=O)NCCOc2ccc3c(c2)C(Cc2ccccc2)C(N2CCC2)CC3)cn1. The molecular weight excluding hydrogens is 484 g/mol. The molecule has 35 heavy (non-hydrogen) atoms. The number of aromatic nitrogens is 2. The number of hydrogen-bond donors (Lipinski definition) is 1. The fourth-order valence-corrected chi connectivity index (χ4v) is 6.13. The molecule has 1 saturated heterocycles. The van der Waals surface area contributed by atoms with Crippen LogP contribution in [-0.4, -0.2) is 55.4 Å². The van der Waals surface area contributed by atoms with Crippen molar-refractivity contribution >= 4 is 22.4 Å². The van der Waals surface area contributed by atoms with Crippen molar-refractivity contribution in [1.82, 2.24) is 19.4 Å². The van der Waals surface area contributed by atoms with Gasteiger partial charge in [-0.05, 0) is 67.6 Å². The van der Waals surface area contributed by atoms with E-state index < -0.39 is 10.0 Å². The van der Waals surface area contributed by atoms with Crippen molar-refractivity contribution in [3.05, 3.63) is 77.6 Å². The Hall–Kier alpha value is -2.39. The summed E-state index contributed by atoms with van der Waals surface area (Å²) in [5, 5.41) is 3.93. The minimum absolute atomic E-state index is 0. The Morgan fingerprint density at radius 3 is 2.63 bits per heavy atom. The van der Waals surface area contributed by atoms with E-state index in [0.717, 1.165) is 18.6 Å². The van der Waals surface area contributed by atoms with E-state index in [4.69, 9.17) is 4.74 Å². The summed E-state index contributed by atoms with van der Waals surface area (Å²) in [4.78, 5) is 2.79. The second-order valence-corrected chi connectivity index (χ2v) is 11.0. The maximum atomic E-state index is 12.4. The minimum Gasteiger partial charge on any atom is -0.492 e. The third-order valence-electron chi connectivity index (χ3n) is 7.00. The smallest absolute Gasteiger partial charge is 0.243 e. The van der Waals surface area contributed by atoms with Gasteiger partial charge in [-0.2, -0.15) is 5.10 Å². The molecular formula is C26H33ClN4O3S. The Kier molecular flexibility index (Phi) is 8.16. The highest BCUT2D eigenvalue weighted by Crippen LogP contribution is 2.40. The zero-order chi connectivity index (χ0) is 23.5. The summed E-state index contributed by atoms with van der Waals surface area (Å²) in [6.07, 6.45) is 7.42. The number of fused-ring (bicyclic) bond motifs is 1. The molecule has 0 bridgehead atoms. The number of hydrogen-bond acceptors (Lipinski definition) is 5. The van der Waals surface area contributed by atoms with Gasteiger partial charge in [0.15, 0.2) is 0 Å². The van der Waals surface area contributed by atoms with Gasteiger partial charge in [-0.15, -0.1) is 12.4 Å². The number of benzene rings is 2. The molecule has 9 heteroatoms. The van der Waals surface area contributed by atoms with Crippen LogP contribution in [0.2, 0.25) is 0 Å². The molecule has 2 heterocycles. The van der Waals surface area contributed by atoms with Crippen molar-refractivity contribution in [2.45, 2.75) is 42.5 Å². The number of sulfonamides is 1. The molecule has 188 valence electrons. The number of ether oxygens (including phenoxy) is 1. The number of rotatable bonds is 9. The monoisotopic (exact) mass is 516 g/mol. The number of nitrogens with one attached hydrogen (secondary N) is 1. The Labute approximate surface area is 213 Å². The van der Waals surface area contributed by atoms with Crippen LogP contribution in [0.1, 0.15) is 35.4 Å². The largest absolute Gasteiger partial charge is 0.492 e. The molecule has 0 radical (unpaired) electrons. The van der Waals surface area contributed by atoms with E-state index in [0.29, 0.717) is 12.0 Å². The maximum Gasteiger partial charge on any atom is 0.243 e. The first-order valence-electron chi connectivity index (χ1n) is 12.0. The zero-order valence-corrected chi connectivity index (χ0v) is 21.6. The molecule has 0 spiro atoms. The fraction of sp³-hybridized carbons (Fsp3) is 0.423. The van der Waals surface area contributed by atoms with Gasteiger partial charge in [0.2, 0.25) is 10.0 Å². The van der Waals surface area contributed by atoms with E-state index in [1.165, 1.54) is 59.7 Å². The molecule has 1 aliphatic heterocycles. The molecule has 1 N–H and O–H groups in total. The topological polar surface area (TPSA) is 76.5 Å². The van der Waals surface area contributed by atoms with Crippen LogP contribution in [0, 0.1) is 0 Å². The molecule has 1 aliphatic carbocycles. The molecule has 7 nitrogen and oxygen atoms in total. The predicted molar refractivity (Wildman–Crippen MR) is 139 cm³/mol. The third-order valence-corrected chi connectivity index (χ3v) is 8.42. The van der Waals surface area contributed by atoms with Gasteiger partial charge < -0.3 is 4.74 Å². The van der Waals surface area contributed by atoms with Crippen molar-refractivity contribution in [1.29, 1.82) is 0 Å². The first-order valence-corrected chi connectivity index (χ1v) is 13.5. The minimum atomic E-state index is -3.58. The van der Waals surface area contributed by atoms with E-state index >= 15 is 0 Å². The van der Waals surface area contributed by atoms with Crippen molar-refractivity contribution in [2.75, 3.05) is 26.2 Å². The van der Waals surface area contributed by atoms with Crippen LogP contribution in [0.4, 0.5) is 0 Å². The van der Waals surface area contributed by atoms with Crippen LogP contribution < -0.4 is 9.46 Å². The maximum absolute atomic E-state index is 12.4. The molecule has 2 aliphatic rings. The number of nitrogens with zero attached hydrogens (tertiary/aromatic N) is 3. The van der Waals surface area contributed by atoms with Gasteiger partial charge in [-0.25, -0.2) is 13.1 Å². The molecule has 2 unspecified atom stereocenters. The third kappa shape index (κ3) is 5.89. The molecule has 1 aromatic heterocycles. The summed E-state index contributed by atoms with van der Waals surface area (Å²) in [6.45, 7) is 2.84. The van der Waals surface area contributed by atoms with Gasteiger partial charge in [-0.1, -0.05) is 36.4 Å². The van der Waals surface area contributed by atoms with E-state index in [1.807, 2.05) is 6.07 Å². The summed E-state index contributed by atoms with van der Waals surface area (Å²) in [6, 6.07) is 17.7. The summed E-state index contributed by atoms with van der Waals surface area (Å²) in [7, 11) is -1.89. The van der Waals surface area contributed by atoms with Gasteiger partial charge >= 0.3 is 0 Å². The normalized spacial score (nSPS) is 19.9. The van der Waals surface area contributed by atoms with Crippen molar-refractivity contribution in [3.63, 3.8) is 0 Å². The van der Waals surface area contributed by atoms with Gasteiger partial charge in [0, 0.05) is 31.7 Å². The second kappa shape index (κ2) is 11.1. The van der Waals surface area contributed by atoms with Crippen molar-refractivity contribution in [2.24, 2.45) is 7.05 Å². The standard InChI is InChI=1S/C26H32N4O3S.ClH/c1-29-19-23(18-27-29)34(31,32)28-12-15-33-22-10-8-21-9-11-26(30-13-5-14-30)25(24(21)17-22)16-20-6-3-2-4-7-20;/h2-4,6-8,10,17-19,25-26,28H,5,9,11-16H2,1H3;1H. The predicted octanol–water partition coefficient (Wildman–Crippen LogP) is 3.55. The molecule has 0 amide bonds. The molecule has 2 atom stereocenters. The van der Waals surface area contributed by atoms with E-state index in [9.17, 15) is 8.42 Å². The Balaban J connectivity index is 0.00000289. The lowest BCUT2D eigenvalue weighted by Crippen LogP contribution is -2.49. The molecule has 0 saturated carbocycles. The van der Waals surface area contributed by atoms with Crippen molar-refractivity contribution in [3.8, 4) is 5.75 Å². The number of halogens is 1. The van der Waals surface area contributed by atoms with Gasteiger partial charge in [0.1, 0.15) is 17.3 Å². The van der Waals surface area contributed by atoms with Crippen LogP contribution in [0.3, 0.4) is 0 Å². The van der Waals surface area contributed by atoms with Crippen LogP contribution >= 0.6 is 12.4 Å². The van der Waals surface area contributed by atoms with Crippen LogP contribution in [0.25, 0.3) is 0 Å². The molecule has 2 aromatic carbocycles. The second-order valence-electron chi connectivity index (χ2n) is 9.25. The molecule has 5 rings (SSSR count). The van der Waals surface area contributed by atoms with Gasteiger partial charge in [0.05, 0.1) is 6.20 Å². The Morgan fingerprint density at radius 1 is 1.14 bits per heavy atom. The highest BCUT2D eigenvalue weighted by atomic mass is 35.5. The summed E-state index contributed by atoms with van der Waals surface area (Å²) in [5.41, 5.74) is 4.14. The lowest BCUT2D eigenvalue weighted by molar-refractivity contribution is 0.0876. The van der Waals surface area contributed by atoms with Crippen LogP contribution in [0.5, 0.6) is 5.75 Å². The van der Waals surface area contributed by atoms with E-state index in [1.54, 1.807) is 7.05 Å². The van der Waals surface area contributed by atoms with Crippen molar-refractivity contribution < 1.29 is 13.2 Å². The Morgan fingerprint density at radius 2 is 1.94 bits per heavy atom. The average Bonchev–Trinajstić information content (AvgIpc) is 3.25. The lowest BCUT2D eigenvalue weighted by Gasteiger charge is -2.45. The first-order chi connectivity index (χ1) is 16.5. The average molecular weight is 517 g/mol. The Bertz CT molecular complexity index is 1230. The first kappa shape index (κ1) is 25.7. The number of likely N-dealkylation sites (tertiary alicyclic amines) is 1. The quantitative estimate of drug-likeness (QED) is 0.440. The zero-order valence-electron chi connectivity index (χ0n) is 20.0. The highest BCUT2D eigenvalue weighted by Gasteiger charge is 2.36. The van der Waals surface area contributed by atoms with Crippen LogP contribution in [0.15, 0.2) is 65.8 Å². The van der Waals surface area contributed by atoms with E-state index in [2.05, 4.69) is 57.2 Å².